The molecule has 0 saturated heterocycles. The first-order chi connectivity index (χ1) is 6.75. The molecule has 2 rings (SSSR count). The number of rotatable bonds is 2. The van der Waals surface area contributed by atoms with Crippen molar-refractivity contribution in [2.24, 2.45) is 11.8 Å². The van der Waals surface area contributed by atoms with Crippen molar-refractivity contribution in [3.05, 3.63) is 6.20 Å². The van der Waals surface area contributed by atoms with E-state index in [-0.39, 0.29) is 0 Å². The number of hydrogen-bond acceptors (Lipinski definition) is 4. The fourth-order valence-corrected chi connectivity index (χ4v) is 2.61. The van der Waals surface area contributed by atoms with Gasteiger partial charge in [0, 0.05) is 17.6 Å². The van der Waals surface area contributed by atoms with Gasteiger partial charge in [0.15, 0.2) is 0 Å². The van der Waals surface area contributed by atoms with Gasteiger partial charge < -0.3 is 5.32 Å². The molecule has 1 aliphatic carbocycles. The smallest absolute Gasteiger partial charge is 0.130 e. The number of anilines is 1. The molecule has 0 amide bonds. The summed E-state index contributed by atoms with van der Waals surface area (Å²) in [6.45, 7) is 4.71. The summed E-state index contributed by atoms with van der Waals surface area (Å²) in [6, 6.07) is 0.628. The van der Waals surface area contributed by atoms with Gasteiger partial charge in [-0.25, -0.2) is 0 Å². The van der Waals surface area contributed by atoms with Gasteiger partial charge in [-0.05, 0) is 31.1 Å². The lowest BCUT2D eigenvalue weighted by molar-refractivity contribution is 0.261. The number of hydrogen-bond donors (Lipinski definition) is 1. The Morgan fingerprint density at radius 2 is 2.21 bits per heavy atom. The van der Waals surface area contributed by atoms with E-state index in [4.69, 9.17) is 0 Å². The Morgan fingerprint density at radius 1 is 1.36 bits per heavy atom. The van der Waals surface area contributed by atoms with Crippen molar-refractivity contribution in [2.45, 2.75) is 39.2 Å². The zero-order valence-electron chi connectivity index (χ0n) is 8.73. The Hall–Kier alpha value is -0.640. The van der Waals surface area contributed by atoms with E-state index in [1.165, 1.54) is 30.8 Å². The van der Waals surface area contributed by atoms with Crippen molar-refractivity contribution in [2.75, 3.05) is 5.32 Å². The molecule has 78 valence electrons. The molecule has 0 aromatic carbocycles. The third kappa shape index (κ3) is 2.23. The van der Waals surface area contributed by atoms with Crippen LogP contribution in [0, 0.1) is 11.8 Å². The van der Waals surface area contributed by atoms with Crippen molar-refractivity contribution in [1.29, 1.82) is 0 Å². The zero-order chi connectivity index (χ0) is 9.97. The summed E-state index contributed by atoms with van der Waals surface area (Å²) in [5.74, 6) is 1.72. The van der Waals surface area contributed by atoms with Gasteiger partial charge in [-0.3, -0.25) is 0 Å². The second kappa shape index (κ2) is 4.26. The topological polar surface area (TPSA) is 37.8 Å². The van der Waals surface area contributed by atoms with E-state index in [9.17, 15) is 0 Å². The number of aromatic nitrogens is 2. The van der Waals surface area contributed by atoms with E-state index >= 15 is 0 Å². The monoisotopic (exact) mass is 211 g/mol. The van der Waals surface area contributed by atoms with Crippen LogP contribution in [0.25, 0.3) is 0 Å². The third-order valence-corrected chi connectivity index (χ3v) is 3.90. The molecule has 0 bridgehead atoms. The molecule has 14 heavy (non-hydrogen) atoms. The first kappa shape index (κ1) is 9.90. The Balaban J connectivity index is 1.88. The normalized spacial score (nSPS) is 32.9. The average Bonchev–Trinajstić information content (AvgIpc) is 2.64. The van der Waals surface area contributed by atoms with E-state index in [0.717, 1.165) is 16.8 Å². The molecule has 0 aliphatic heterocycles. The molecule has 1 N–H and O–H groups in total. The second-order valence-corrected chi connectivity index (χ2v) is 5.18. The van der Waals surface area contributed by atoms with Crippen molar-refractivity contribution >= 4 is 16.5 Å². The van der Waals surface area contributed by atoms with Gasteiger partial charge in [0.1, 0.15) is 5.00 Å². The van der Waals surface area contributed by atoms with E-state index in [1.54, 1.807) is 0 Å². The predicted molar refractivity (Wildman–Crippen MR) is 59.5 cm³/mol. The first-order valence-electron chi connectivity index (χ1n) is 5.29. The molecule has 1 aliphatic rings. The minimum atomic E-state index is 0.628. The average molecular weight is 211 g/mol. The molecule has 3 unspecified atom stereocenters. The SMILES string of the molecule is CC1CCC(Nc2cnns2)CC1C. The van der Waals surface area contributed by atoms with E-state index in [2.05, 4.69) is 28.8 Å². The molecule has 0 spiro atoms. The van der Waals surface area contributed by atoms with Crippen LogP contribution in [0.4, 0.5) is 5.00 Å². The van der Waals surface area contributed by atoms with Crippen LogP contribution >= 0.6 is 11.5 Å². The highest BCUT2D eigenvalue weighted by atomic mass is 32.1. The summed E-state index contributed by atoms with van der Waals surface area (Å²) in [4.78, 5) is 0. The zero-order valence-corrected chi connectivity index (χ0v) is 9.55. The van der Waals surface area contributed by atoms with E-state index in [1.807, 2.05) is 6.20 Å². The molecule has 0 radical (unpaired) electrons. The summed E-state index contributed by atoms with van der Waals surface area (Å²) in [7, 11) is 0. The highest BCUT2D eigenvalue weighted by Gasteiger charge is 2.24. The maximum Gasteiger partial charge on any atom is 0.130 e. The van der Waals surface area contributed by atoms with E-state index in [0.29, 0.717) is 6.04 Å². The lowest BCUT2D eigenvalue weighted by atomic mass is 9.79. The molecule has 3 nitrogen and oxygen atoms in total. The fraction of sp³-hybridized carbons (Fsp3) is 0.800. The molecular formula is C10H17N3S. The predicted octanol–water partition coefficient (Wildman–Crippen LogP) is 2.77. The quantitative estimate of drug-likeness (QED) is 0.817. The van der Waals surface area contributed by atoms with Crippen LogP contribution in [0.3, 0.4) is 0 Å². The van der Waals surface area contributed by atoms with Crippen LogP contribution in [0.1, 0.15) is 33.1 Å². The maximum absolute atomic E-state index is 3.85. The maximum atomic E-state index is 3.85. The molecule has 1 saturated carbocycles. The molecule has 3 atom stereocenters. The fourth-order valence-electron chi connectivity index (χ4n) is 2.11. The van der Waals surface area contributed by atoms with Crippen LogP contribution in [0.2, 0.25) is 0 Å². The lowest BCUT2D eigenvalue weighted by Crippen LogP contribution is -2.30. The summed E-state index contributed by atoms with van der Waals surface area (Å²) in [5, 5.41) is 8.44. The Morgan fingerprint density at radius 3 is 2.86 bits per heavy atom. The van der Waals surface area contributed by atoms with Crippen molar-refractivity contribution in [1.82, 2.24) is 9.59 Å². The molecular weight excluding hydrogens is 194 g/mol. The van der Waals surface area contributed by atoms with E-state index < -0.39 is 0 Å². The molecule has 1 aromatic heterocycles. The number of nitrogens with zero attached hydrogens (tertiary/aromatic N) is 2. The highest BCUT2D eigenvalue weighted by molar-refractivity contribution is 7.09. The van der Waals surface area contributed by atoms with Gasteiger partial charge in [-0.2, -0.15) is 0 Å². The summed E-state index contributed by atoms with van der Waals surface area (Å²) in [6.07, 6.45) is 5.71. The standard InChI is InChI=1S/C10H17N3S/c1-7-3-4-9(5-8(7)2)12-10-6-11-13-14-10/h6-9,12H,3-5H2,1-2H3. The van der Waals surface area contributed by atoms with Crippen LogP contribution in [0.15, 0.2) is 6.20 Å². The minimum absolute atomic E-state index is 0.628. The molecule has 1 aromatic rings. The van der Waals surface area contributed by atoms with Crippen molar-refractivity contribution < 1.29 is 0 Å². The molecule has 1 heterocycles. The van der Waals surface area contributed by atoms with Crippen LogP contribution in [0.5, 0.6) is 0 Å². The van der Waals surface area contributed by atoms with Gasteiger partial charge in [0.2, 0.25) is 0 Å². The molecule has 4 heteroatoms. The summed E-state index contributed by atoms with van der Waals surface area (Å²) < 4.78 is 3.85. The molecule has 1 fully saturated rings. The van der Waals surface area contributed by atoms with Gasteiger partial charge >= 0.3 is 0 Å². The van der Waals surface area contributed by atoms with Gasteiger partial charge in [0.05, 0.1) is 6.20 Å². The van der Waals surface area contributed by atoms with Crippen LogP contribution in [-0.2, 0) is 0 Å². The Bertz CT molecular complexity index is 273. The van der Waals surface area contributed by atoms with Crippen molar-refractivity contribution in [3.63, 3.8) is 0 Å². The Kier molecular flexibility index (Phi) is 3.01. The largest absolute Gasteiger partial charge is 0.372 e. The van der Waals surface area contributed by atoms with Gasteiger partial charge in [-0.1, -0.05) is 18.3 Å². The second-order valence-electron chi connectivity index (χ2n) is 4.39. The minimum Gasteiger partial charge on any atom is -0.372 e. The summed E-state index contributed by atoms with van der Waals surface area (Å²) >= 11 is 1.45. The number of nitrogens with one attached hydrogen (secondary N) is 1. The Labute approximate surface area is 89.1 Å². The van der Waals surface area contributed by atoms with Gasteiger partial charge in [0.25, 0.3) is 0 Å². The van der Waals surface area contributed by atoms with Crippen LogP contribution in [-0.4, -0.2) is 15.6 Å². The first-order valence-corrected chi connectivity index (χ1v) is 6.07. The highest BCUT2D eigenvalue weighted by Crippen LogP contribution is 2.31. The summed E-state index contributed by atoms with van der Waals surface area (Å²) in [5.41, 5.74) is 0. The van der Waals surface area contributed by atoms with Gasteiger partial charge in [-0.15, -0.1) is 5.10 Å². The van der Waals surface area contributed by atoms with Crippen molar-refractivity contribution in [3.8, 4) is 0 Å². The third-order valence-electron chi connectivity index (χ3n) is 3.31. The lowest BCUT2D eigenvalue weighted by Gasteiger charge is -2.32. The van der Waals surface area contributed by atoms with Crippen LogP contribution < -0.4 is 5.32 Å².